The second kappa shape index (κ2) is 8.28. The maximum atomic E-state index is 13.4. The normalized spacial score (nSPS) is 11.1. The van der Waals surface area contributed by atoms with E-state index in [1.165, 1.54) is 12.5 Å². The first-order valence-electron chi connectivity index (χ1n) is 9.80. The van der Waals surface area contributed by atoms with Crippen molar-refractivity contribution in [3.8, 4) is 17.3 Å². The third-order valence-corrected chi connectivity index (χ3v) is 5.38. The second-order valence-corrected chi connectivity index (χ2v) is 7.57. The summed E-state index contributed by atoms with van der Waals surface area (Å²) in [4.78, 5) is 25.6. The predicted molar refractivity (Wildman–Crippen MR) is 120 cm³/mol. The van der Waals surface area contributed by atoms with Gasteiger partial charge in [-0.05, 0) is 42.0 Å². The molecule has 0 fully saturated rings. The van der Waals surface area contributed by atoms with Crippen LogP contribution in [0, 0.1) is 0 Å². The minimum Gasteiger partial charge on any atom is -0.497 e. The molecule has 0 aliphatic heterocycles. The van der Waals surface area contributed by atoms with Crippen molar-refractivity contribution in [1.29, 1.82) is 0 Å². The monoisotopic (exact) mass is 444 g/mol. The summed E-state index contributed by atoms with van der Waals surface area (Å²) in [7, 11) is 1.60. The van der Waals surface area contributed by atoms with E-state index in [2.05, 4.69) is 15.0 Å². The molecule has 3 heterocycles. The number of ketones is 1. The number of benzene rings is 2. The lowest BCUT2D eigenvalue weighted by atomic mass is 10.1. The van der Waals surface area contributed by atoms with Crippen molar-refractivity contribution < 1.29 is 13.9 Å². The maximum absolute atomic E-state index is 13.4. The van der Waals surface area contributed by atoms with E-state index in [4.69, 9.17) is 20.8 Å². The summed E-state index contributed by atoms with van der Waals surface area (Å²) in [5.41, 5.74) is 2.97. The smallest absolute Gasteiger partial charge is 0.245 e. The van der Waals surface area contributed by atoms with Crippen molar-refractivity contribution in [3.63, 3.8) is 0 Å². The van der Waals surface area contributed by atoms with Crippen LogP contribution in [0.3, 0.4) is 0 Å². The van der Waals surface area contributed by atoms with Crippen molar-refractivity contribution in [3.05, 3.63) is 95.4 Å². The van der Waals surface area contributed by atoms with Crippen LogP contribution in [-0.2, 0) is 6.54 Å². The summed E-state index contributed by atoms with van der Waals surface area (Å²) in [6.45, 7) is 0.579. The second-order valence-electron chi connectivity index (χ2n) is 7.13. The van der Waals surface area contributed by atoms with E-state index in [-0.39, 0.29) is 17.4 Å². The number of aromatic nitrogens is 4. The predicted octanol–water partition coefficient (Wildman–Crippen LogP) is 5.03. The van der Waals surface area contributed by atoms with E-state index in [0.29, 0.717) is 28.6 Å². The number of hydrogen-bond acceptors (Lipinski definition) is 6. The third-order valence-electron chi connectivity index (χ3n) is 5.13. The lowest BCUT2D eigenvalue weighted by molar-refractivity contribution is 0.101. The van der Waals surface area contributed by atoms with Gasteiger partial charge in [0.05, 0.1) is 18.9 Å². The summed E-state index contributed by atoms with van der Waals surface area (Å²) in [6.07, 6.45) is 6.23. The molecule has 0 radical (unpaired) electrons. The van der Waals surface area contributed by atoms with Gasteiger partial charge in [0.15, 0.2) is 5.76 Å². The SMILES string of the molecule is COc1ccc2c(c1)c(C(=O)c1cnc(-c3ccncn3)o1)cn2Cc1ccc(Cl)cc1. The molecule has 0 amide bonds. The number of fused-ring (bicyclic) bond motifs is 1. The van der Waals surface area contributed by atoms with Crippen molar-refractivity contribution in [2.24, 2.45) is 0 Å². The zero-order valence-corrected chi connectivity index (χ0v) is 17.8. The molecule has 0 saturated heterocycles. The first-order chi connectivity index (χ1) is 15.6. The van der Waals surface area contributed by atoms with Gasteiger partial charge in [0.25, 0.3) is 0 Å². The molecule has 0 saturated carbocycles. The molecule has 0 N–H and O–H groups in total. The number of halogens is 1. The lowest BCUT2D eigenvalue weighted by Gasteiger charge is -2.06. The Kier molecular flexibility index (Phi) is 5.17. The molecule has 0 spiro atoms. The zero-order valence-electron chi connectivity index (χ0n) is 17.0. The molecule has 0 aliphatic carbocycles. The molecule has 2 aromatic carbocycles. The number of carbonyl (C=O) groups excluding carboxylic acids is 1. The van der Waals surface area contributed by atoms with Gasteiger partial charge in [0.1, 0.15) is 17.8 Å². The Morgan fingerprint density at radius 2 is 1.97 bits per heavy atom. The highest BCUT2D eigenvalue weighted by Crippen LogP contribution is 2.29. The summed E-state index contributed by atoms with van der Waals surface area (Å²) in [5.74, 6) is 0.783. The quantitative estimate of drug-likeness (QED) is 0.342. The van der Waals surface area contributed by atoms with Crippen molar-refractivity contribution in [1.82, 2.24) is 19.5 Å². The Bertz CT molecular complexity index is 1410. The van der Waals surface area contributed by atoms with E-state index in [0.717, 1.165) is 16.5 Å². The molecule has 8 heteroatoms. The molecule has 158 valence electrons. The molecule has 5 aromatic rings. The Morgan fingerprint density at radius 1 is 1.12 bits per heavy atom. The van der Waals surface area contributed by atoms with Gasteiger partial charge in [0, 0.05) is 34.9 Å². The number of oxazole rings is 1. The fourth-order valence-corrected chi connectivity index (χ4v) is 3.67. The van der Waals surface area contributed by atoms with Crippen molar-refractivity contribution >= 4 is 28.3 Å². The Morgan fingerprint density at radius 3 is 2.72 bits per heavy atom. The van der Waals surface area contributed by atoms with Gasteiger partial charge in [-0.1, -0.05) is 23.7 Å². The van der Waals surface area contributed by atoms with Crippen LogP contribution in [0.15, 0.2) is 77.9 Å². The van der Waals surface area contributed by atoms with E-state index in [1.54, 1.807) is 19.4 Å². The fraction of sp³-hybridized carbons (Fsp3) is 0.0833. The first kappa shape index (κ1) is 20.0. The number of hydrogen-bond donors (Lipinski definition) is 0. The molecule has 5 rings (SSSR count). The fourth-order valence-electron chi connectivity index (χ4n) is 3.55. The minimum absolute atomic E-state index is 0.131. The van der Waals surface area contributed by atoms with Crippen LogP contribution in [0.4, 0.5) is 0 Å². The number of nitrogens with zero attached hydrogens (tertiary/aromatic N) is 4. The van der Waals surface area contributed by atoms with Crippen LogP contribution in [0.2, 0.25) is 5.02 Å². The number of ether oxygens (including phenoxy) is 1. The van der Waals surface area contributed by atoms with Crippen LogP contribution in [0.25, 0.3) is 22.5 Å². The van der Waals surface area contributed by atoms with Crippen molar-refractivity contribution in [2.75, 3.05) is 7.11 Å². The average Bonchev–Trinajstić information content (AvgIpc) is 3.46. The largest absolute Gasteiger partial charge is 0.497 e. The molecule has 0 bridgehead atoms. The van der Waals surface area contributed by atoms with Gasteiger partial charge < -0.3 is 13.7 Å². The van der Waals surface area contributed by atoms with Crippen LogP contribution in [-0.4, -0.2) is 32.4 Å². The molecular weight excluding hydrogens is 428 g/mol. The molecule has 3 aromatic heterocycles. The van der Waals surface area contributed by atoms with Gasteiger partial charge in [-0.3, -0.25) is 4.79 Å². The summed E-state index contributed by atoms with van der Waals surface area (Å²) < 4.78 is 13.1. The molecule has 0 unspecified atom stereocenters. The molecular formula is C24H17ClN4O3. The Balaban J connectivity index is 1.56. The highest BCUT2D eigenvalue weighted by atomic mass is 35.5. The Labute approximate surface area is 188 Å². The van der Waals surface area contributed by atoms with Gasteiger partial charge >= 0.3 is 0 Å². The average molecular weight is 445 g/mol. The standard InChI is InChI=1S/C24H17ClN4O3/c1-31-17-6-7-21-18(10-17)19(13-29(21)12-15-2-4-16(25)5-3-15)23(30)22-11-27-24(32-22)20-8-9-26-14-28-20/h2-11,13-14H,12H2,1H3. The molecule has 32 heavy (non-hydrogen) atoms. The van der Waals surface area contributed by atoms with E-state index >= 15 is 0 Å². The van der Waals surface area contributed by atoms with Crippen molar-refractivity contribution in [2.45, 2.75) is 6.54 Å². The highest BCUT2D eigenvalue weighted by molar-refractivity contribution is 6.30. The molecule has 7 nitrogen and oxygen atoms in total. The lowest BCUT2D eigenvalue weighted by Crippen LogP contribution is -2.00. The Hall–Kier alpha value is -3.97. The zero-order chi connectivity index (χ0) is 22.1. The maximum Gasteiger partial charge on any atom is 0.245 e. The summed E-state index contributed by atoms with van der Waals surface area (Å²) >= 11 is 6.01. The van der Waals surface area contributed by atoms with Crippen LogP contribution in [0.5, 0.6) is 5.75 Å². The molecule has 0 atom stereocenters. The van der Waals surface area contributed by atoms with E-state index < -0.39 is 0 Å². The van der Waals surface area contributed by atoms with E-state index in [9.17, 15) is 4.79 Å². The van der Waals surface area contributed by atoms with Crippen LogP contribution in [0.1, 0.15) is 21.7 Å². The summed E-state index contributed by atoms with van der Waals surface area (Å²) in [6, 6.07) is 14.9. The number of methoxy groups -OCH3 is 1. The van der Waals surface area contributed by atoms with Crippen LogP contribution < -0.4 is 4.74 Å². The van der Waals surface area contributed by atoms with Crippen LogP contribution >= 0.6 is 11.6 Å². The minimum atomic E-state index is -0.272. The van der Waals surface area contributed by atoms with Gasteiger partial charge in [0.2, 0.25) is 11.7 Å². The van der Waals surface area contributed by atoms with Gasteiger partial charge in [-0.15, -0.1) is 0 Å². The highest BCUT2D eigenvalue weighted by Gasteiger charge is 2.22. The molecule has 0 aliphatic rings. The number of carbonyl (C=O) groups is 1. The topological polar surface area (TPSA) is 83.0 Å². The number of rotatable bonds is 6. The van der Waals surface area contributed by atoms with Gasteiger partial charge in [-0.25, -0.2) is 15.0 Å². The third kappa shape index (κ3) is 3.74. The van der Waals surface area contributed by atoms with E-state index in [1.807, 2.05) is 53.2 Å². The summed E-state index contributed by atoms with van der Waals surface area (Å²) in [5, 5.41) is 1.44. The van der Waals surface area contributed by atoms with Gasteiger partial charge in [-0.2, -0.15) is 0 Å². The first-order valence-corrected chi connectivity index (χ1v) is 10.2.